The average molecular weight is 348 g/mol. The lowest BCUT2D eigenvalue weighted by atomic mass is 10.00. The second kappa shape index (κ2) is 7.18. The number of pyridine rings is 1. The van der Waals surface area contributed by atoms with Crippen molar-refractivity contribution in [3.63, 3.8) is 0 Å². The van der Waals surface area contributed by atoms with Crippen molar-refractivity contribution in [1.29, 1.82) is 0 Å². The Kier molecular flexibility index (Phi) is 5.00. The molecule has 1 unspecified atom stereocenters. The highest BCUT2D eigenvalue weighted by atomic mass is 35.5. The Hall–Kier alpha value is -2.14. The van der Waals surface area contributed by atoms with E-state index in [1.165, 1.54) is 24.6 Å². The lowest BCUT2D eigenvalue weighted by Crippen LogP contribution is -2.34. The van der Waals surface area contributed by atoms with E-state index in [9.17, 15) is 9.18 Å². The van der Waals surface area contributed by atoms with Gasteiger partial charge in [-0.2, -0.15) is 0 Å². The third-order valence-corrected chi connectivity index (χ3v) is 4.47. The molecule has 0 bridgehead atoms. The summed E-state index contributed by atoms with van der Waals surface area (Å²) in [5.41, 5.74) is 1.76. The zero-order valence-electron chi connectivity index (χ0n) is 13.4. The normalized spacial score (nSPS) is 17.6. The van der Waals surface area contributed by atoms with Gasteiger partial charge in [0.25, 0.3) is 5.91 Å². The molecule has 0 aliphatic carbocycles. The van der Waals surface area contributed by atoms with Crippen molar-refractivity contribution in [1.82, 2.24) is 4.98 Å². The number of carbonyl (C=O) groups excluding carboxylic acids is 1. The van der Waals surface area contributed by atoms with Crippen LogP contribution < -0.4 is 10.2 Å². The quantitative estimate of drug-likeness (QED) is 0.897. The number of piperidine rings is 1. The average Bonchev–Trinajstić information content (AvgIpc) is 2.58. The van der Waals surface area contributed by atoms with E-state index in [0.29, 0.717) is 17.3 Å². The Labute approximate surface area is 145 Å². The molecule has 4 nitrogen and oxygen atoms in total. The van der Waals surface area contributed by atoms with Crippen molar-refractivity contribution in [2.75, 3.05) is 23.3 Å². The van der Waals surface area contributed by atoms with Crippen molar-refractivity contribution >= 4 is 28.9 Å². The SMILES string of the molecule is CC1CCCN(c2ccnc(C(=O)Nc3ccc(F)c(Cl)c3)c2)C1. The standard InChI is InChI=1S/C18H19ClFN3O/c1-12-3-2-8-23(11-12)14-6-7-21-17(10-14)18(24)22-13-4-5-16(20)15(19)9-13/h4-7,9-10,12H,2-3,8,11H2,1H3,(H,22,24). The number of halogens is 2. The third-order valence-electron chi connectivity index (χ3n) is 4.18. The number of nitrogens with zero attached hydrogens (tertiary/aromatic N) is 2. The molecule has 0 spiro atoms. The predicted molar refractivity (Wildman–Crippen MR) is 94.2 cm³/mol. The van der Waals surface area contributed by atoms with Gasteiger partial charge in [-0.05, 0) is 49.1 Å². The van der Waals surface area contributed by atoms with Gasteiger partial charge in [0.05, 0.1) is 5.02 Å². The molecule has 0 radical (unpaired) electrons. The summed E-state index contributed by atoms with van der Waals surface area (Å²) in [6, 6.07) is 7.78. The lowest BCUT2D eigenvalue weighted by molar-refractivity contribution is 0.102. The Bertz CT molecular complexity index is 753. The molecule has 2 heterocycles. The van der Waals surface area contributed by atoms with E-state index in [0.717, 1.165) is 25.2 Å². The molecule has 126 valence electrons. The molecule has 24 heavy (non-hydrogen) atoms. The first-order chi connectivity index (χ1) is 11.5. The van der Waals surface area contributed by atoms with Gasteiger partial charge in [0.1, 0.15) is 11.5 Å². The van der Waals surface area contributed by atoms with E-state index in [1.807, 2.05) is 6.07 Å². The number of amides is 1. The highest BCUT2D eigenvalue weighted by molar-refractivity contribution is 6.31. The molecule has 1 aromatic carbocycles. The first kappa shape index (κ1) is 16.7. The second-order valence-corrected chi connectivity index (χ2v) is 6.58. The van der Waals surface area contributed by atoms with Crippen LogP contribution in [-0.4, -0.2) is 24.0 Å². The molecular formula is C18H19ClFN3O. The molecule has 1 atom stereocenters. The number of benzene rings is 1. The lowest BCUT2D eigenvalue weighted by Gasteiger charge is -2.32. The maximum absolute atomic E-state index is 13.2. The molecule has 2 aromatic rings. The summed E-state index contributed by atoms with van der Waals surface area (Å²) in [5, 5.41) is 2.66. The van der Waals surface area contributed by atoms with Crippen LogP contribution >= 0.6 is 11.6 Å². The Morgan fingerprint density at radius 2 is 2.21 bits per heavy atom. The summed E-state index contributed by atoms with van der Waals surface area (Å²) in [7, 11) is 0. The Morgan fingerprint density at radius 3 is 2.96 bits per heavy atom. The number of rotatable bonds is 3. The minimum atomic E-state index is -0.519. The maximum atomic E-state index is 13.2. The second-order valence-electron chi connectivity index (χ2n) is 6.18. The molecular weight excluding hydrogens is 329 g/mol. The molecule has 1 fully saturated rings. The molecule has 3 rings (SSSR count). The highest BCUT2D eigenvalue weighted by Crippen LogP contribution is 2.24. The third kappa shape index (κ3) is 3.85. The fourth-order valence-electron chi connectivity index (χ4n) is 2.93. The molecule has 1 N–H and O–H groups in total. The minimum absolute atomic E-state index is 0.0307. The number of nitrogens with one attached hydrogen (secondary N) is 1. The van der Waals surface area contributed by atoms with Crippen molar-refractivity contribution in [2.24, 2.45) is 5.92 Å². The predicted octanol–water partition coefficient (Wildman–Crippen LogP) is 4.36. The van der Waals surface area contributed by atoms with E-state index in [4.69, 9.17) is 11.6 Å². The topological polar surface area (TPSA) is 45.2 Å². The Morgan fingerprint density at radius 1 is 1.38 bits per heavy atom. The van der Waals surface area contributed by atoms with Gasteiger partial charge in [0.15, 0.2) is 0 Å². The monoisotopic (exact) mass is 347 g/mol. The van der Waals surface area contributed by atoms with Crippen LogP contribution in [0.25, 0.3) is 0 Å². The first-order valence-corrected chi connectivity index (χ1v) is 8.38. The Balaban J connectivity index is 1.75. The van der Waals surface area contributed by atoms with Crippen LogP contribution in [0.5, 0.6) is 0 Å². The smallest absolute Gasteiger partial charge is 0.274 e. The van der Waals surface area contributed by atoms with Crippen LogP contribution in [0.4, 0.5) is 15.8 Å². The summed E-state index contributed by atoms with van der Waals surface area (Å²) in [6.07, 6.45) is 4.03. The van der Waals surface area contributed by atoms with E-state index >= 15 is 0 Å². The summed E-state index contributed by atoms with van der Waals surface area (Å²) in [4.78, 5) is 18.8. The fourth-order valence-corrected chi connectivity index (χ4v) is 3.11. The van der Waals surface area contributed by atoms with Crippen LogP contribution in [0.1, 0.15) is 30.3 Å². The molecule has 6 heteroatoms. The van der Waals surface area contributed by atoms with Gasteiger partial charge in [-0.25, -0.2) is 4.39 Å². The first-order valence-electron chi connectivity index (χ1n) is 8.00. The number of aromatic nitrogens is 1. The van der Waals surface area contributed by atoms with Gasteiger partial charge < -0.3 is 10.2 Å². The number of hydrogen-bond donors (Lipinski definition) is 1. The van der Waals surface area contributed by atoms with Gasteiger partial charge in [0.2, 0.25) is 0 Å². The van der Waals surface area contributed by atoms with Gasteiger partial charge in [-0.15, -0.1) is 0 Å². The fraction of sp³-hybridized carbons (Fsp3) is 0.333. The molecule has 1 saturated heterocycles. The molecule has 1 aromatic heterocycles. The summed E-state index contributed by atoms with van der Waals surface area (Å²) in [6.45, 7) is 4.21. The van der Waals surface area contributed by atoms with Crippen molar-refractivity contribution < 1.29 is 9.18 Å². The van der Waals surface area contributed by atoms with Crippen LogP contribution in [-0.2, 0) is 0 Å². The summed E-state index contributed by atoms with van der Waals surface area (Å²) >= 11 is 5.74. The zero-order chi connectivity index (χ0) is 17.1. The van der Waals surface area contributed by atoms with E-state index in [-0.39, 0.29) is 10.9 Å². The minimum Gasteiger partial charge on any atom is -0.371 e. The van der Waals surface area contributed by atoms with Gasteiger partial charge in [0, 0.05) is 30.7 Å². The van der Waals surface area contributed by atoms with Gasteiger partial charge in [-0.3, -0.25) is 9.78 Å². The van der Waals surface area contributed by atoms with Gasteiger partial charge >= 0.3 is 0 Å². The van der Waals surface area contributed by atoms with E-state index in [2.05, 4.69) is 22.1 Å². The molecule has 1 aliphatic heterocycles. The molecule has 1 aliphatic rings. The zero-order valence-corrected chi connectivity index (χ0v) is 14.2. The summed E-state index contributed by atoms with van der Waals surface area (Å²) in [5.74, 6) is -0.218. The molecule has 0 saturated carbocycles. The van der Waals surface area contributed by atoms with Crippen LogP contribution in [0.3, 0.4) is 0 Å². The van der Waals surface area contributed by atoms with Crippen molar-refractivity contribution in [3.8, 4) is 0 Å². The largest absolute Gasteiger partial charge is 0.371 e. The van der Waals surface area contributed by atoms with Crippen LogP contribution in [0.2, 0.25) is 5.02 Å². The maximum Gasteiger partial charge on any atom is 0.274 e. The number of hydrogen-bond acceptors (Lipinski definition) is 3. The molecule has 1 amide bonds. The van der Waals surface area contributed by atoms with E-state index < -0.39 is 5.82 Å². The van der Waals surface area contributed by atoms with Crippen molar-refractivity contribution in [3.05, 3.63) is 53.1 Å². The van der Waals surface area contributed by atoms with Gasteiger partial charge in [-0.1, -0.05) is 18.5 Å². The summed E-state index contributed by atoms with van der Waals surface area (Å²) < 4.78 is 13.2. The van der Waals surface area contributed by atoms with Crippen LogP contribution in [0, 0.1) is 11.7 Å². The number of anilines is 2. The number of carbonyl (C=O) groups is 1. The van der Waals surface area contributed by atoms with E-state index in [1.54, 1.807) is 12.3 Å². The van der Waals surface area contributed by atoms with Crippen LogP contribution in [0.15, 0.2) is 36.5 Å². The van der Waals surface area contributed by atoms with Crippen molar-refractivity contribution in [2.45, 2.75) is 19.8 Å². The highest BCUT2D eigenvalue weighted by Gasteiger charge is 2.18.